The van der Waals surface area contributed by atoms with Gasteiger partial charge in [0.15, 0.2) is 11.5 Å². The molecule has 0 saturated carbocycles. The number of nitrogens with one attached hydrogen (secondary N) is 2. The van der Waals surface area contributed by atoms with Gasteiger partial charge >= 0.3 is 0 Å². The SMILES string of the molecule is CCC(C[C@]1(C(C)(C)C)C(=O)Nc2c1ccc1c2OC=CC(C)(C)O1)N1C(=O)CCC(I)[C@@H]1C(=O)NC. The third-order valence-corrected chi connectivity index (χ3v) is 9.31. The molecule has 0 radical (unpaired) electrons. The Balaban J connectivity index is 1.83. The number of amides is 3. The highest BCUT2D eigenvalue weighted by atomic mass is 127. The molecule has 3 aliphatic heterocycles. The maximum atomic E-state index is 14.0. The van der Waals surface area contributed by atoms with Crippen LogP contribution in [0, 0.1) is 5.41 Å². The van der Waals surface area contributed by atoms with Crippen LogP contribution in [0.15, 0.2) is 24.5 Å². The van der Waals surface area contributed by atoms with Crippen molar-refractivity contribution in [3.63, 3.8) is 0 Å². The number of likely N-dealkylation sites (tertiary alicyclic amines) is 1. The lowest BCUT2D eigenvalue weighted by molar-refractivity contribution is -0.147. The molecular formula is C28H38IN3O5. The number of anilines is 1. The molecule has 1 fully saturated rings. The fraction of sp³-hybridized carbons (Fsp3) is 0.607. The van der Waals surface area contributed by atoms with Crippen molar-refractivity contribution in [1.29, 1.82) is 0 Å². The molecular weight excluding hydrogens is 585 g/mol. The number of rotatable bonds is 5. The zero-order chi connectivity index (χ0) is 27.3. The molecule has 2 N–H and O–H groups in total. The number of carbonyl (C=O) groups excluding carboxylic acids is 3. The third kappa shape index (κ3) is 4.61. The van der Waals surface area contributed by atoms with Gasteiger partial charge in [-0.3, -0.25) is 14.4 Å². The van der Waals surface area contributed by atoms with Gasteiger partial charge < -0.3 is 25.0 Å². The van der Waals surface area contributed by atoms with Crippen molar-refractivity contribution in [2.75, 3.05) is 12.4 Å². The molecule has 4 atom stereocenters. The first-order valence-electron chi connectivity index (χ1n) is 13.0. The Bertz CT molecular complexity index is 1140. The lowest BCUT2D eigenvalue weighted by atomic mass is 9.60. The predicted octanol–water partition coefficient (Wildman–Crippen LogP) is 4.70. The van der Waals surface area contributed by atoms with Gasteiger partial charge in [-0.2, -0.15) is 0 Å². The number of benzene rings is 1. The fourth-order valence-electron chi connectivity index (χ4n) is 5.96. The molecule has 3 heterocycles. The molecule has 0 spiro atoms. The van der Waals surface area contributed by atoms with E-state index in [9.17, 15) is 14.4 Å². The van der Waals surface area contributed by atoms with Crippen LogP contribution in [0.25, 0.3) is 0 Å². The molecule has 4 rings (SSSR count). The van der Waals surface area contributed by atoms with Crippen LogP contribution >= 0.6 is 22.6 Å². The summed E-state index contributed by atoms with van der Waals surface area (Å²) in [6.07, 6.45) is 5.49. The number of ether oxygens (including phenoxy) is 2. The minimum atomic E-state index is -0.960. The van der Waals surface area contributed by atoms with Crippen LogP contribution in [0.2, 0.25) is 0 Å². The number of hydrogen-bond acceptors (Lipinski definition) is 5. The number of likely N-dealkylation sites (N-methyl/N-ethyl adjacent to an activating group) is 1. The van der Waals surface area contributed by atoms with E-state index in [1.165, 1.54) is 0 Å². The molecule has 202 valence electrons. The van der Waals surface area contributed by atoms with Crippen molar-refractivity contribution in [3.8, 4) is 11.5 Å². The van der Waals surface area contributed by atoms with Gasteiger partial charge in [-0.1, -0.05) is 56.4 Å². The van der Waals surface area contributed by atoms with Crippen LogP contribution in [0.4, 0.5) is 5.69 Å². The first-order chi connectivity index (χ1) is 17.3. The second-order valence-electron chi connectivity index (χ2n) is 11.7. The summed E-state index contributed by atoms with van der Waals surface area (Å²) >= 11 is 2.28. The van der Waals surface area contributed by atoms with Gasteiger partial charge in [-0.05, 0) is 56.2 Å². The average molecular weight is 624 g/mol. The van der Waals surface area contributed by atoms with E-state index in [4.69, 9.17) is 9.47 Å². The summed E-state index contributed by atoms with van der Waals surface area (Å²) < 4.78 is 12.2. The fourth-order valence-corrected chi connectivity index (χ4v) is 6.94. The van der Waals surface area contributed by atoms with Crippen molar-refractivity contribution in [2.24, 2.45) is 5.41 Å². The highest BCUT2D eigenvalue weighted by Gasteiger charge is 2.58. The van der Waals surface area contributed by atoms with E-state index in [0.29, 0.717) is 42.9 Å². The first kappa shape index (κ1) is 27.7. The largest absolute Gasteiger partial charge is 0.480 e. The normalized spacial score (nSPS) is 27.3. The van der Waals surface area contributed by atoms with E-state index in [1.54, 1.807) is 18.2 Å². The Kier molecular flexibility index (Phi) is 7.33. The van der Waals surface area contributed by atoms with Crippen LogP contribution in [0.1, 0.15) is 72.8 Å². The molecule has 8 nitrogen and oxygen atoms in total. The van der Waals surface area contributed by atoms with Crippen molar-refractivity contribution >= 4 is 46.0 Å². The molecule has 37 heavy (non-hydrogen) atoms. The number of alkyl halides is 1. The van der Waals surface area contributed by atoms with Crippen molar-refractivity contribution in [2.45, 2.75) is 94.3 Å². The van der Waals surface area contributed by atoms with Crippen molar-refractivity contribution in [1.82, 2.24) is 10.2 Å². The molecule has 3 aliphatic rings. The number of hydrogen-bond donors (Lipinski definition) is 2. The number of halogens is 1. The maximum absolute atomic E-state index is 14.0. The third-order valence-electron chi connectivity index (χ3n) is 8.00. The monoisotopic (exact) mass is 623 g/mol. The lowest BCUT2D eigenvalue weighted by Gasteiger charge is -2.48. The Labute approximate surface area is 233 Å². The number of piperidine rings is 1. The standard InChI is InChI=1S/C28H38IN3O5/c1-8-16(32-20(33)12-10-18(29)22(32)24(34)30-7)15-28(26(2,3)4)17-9-11-19-23(21(17)31-25(28)35)36-14-13-27(5,6)37-19/h9,11,13-14,16,18,22H,8,10,12,15H2,1-7H3,(H,30,34)(H,31,35)/t16?,18?,22-,28-/m1/s1. The zero-order valence-corrected chi connectivity index (χ0v) is 24.9. The Hall–Kier alpha value is -2.30. The van der Waals surface area contributed by atoms with Gasteiger partial charge in [0, 0.05) is 23.4 Å². The molecule has 1 saturated heterocycles. The summed E-state index contributed by atoms with van der Waals surface area (Å²) in [5.41, 5.74) is -0.593. The summed E-state index contributed by atoms with van der Waals surface area (Å²) in [5.74, 6) is 0.699. The molecule has 3 amide bonds. The summed E-state index contributed by atoms with van der Waals surface area (Å²) in [6, 6.07) is 2.93. The Morgan fingerprint density at radius 1 is 1.30 bits per heavy atom. The summed E-state index contributed by atoms with van der Waals surface area (Å²) in [7, 11) is 1.60. The Morgan fingerprint density at radius 2 is 2.00 bits per heavy atom. The van der Waals surface area contributed by atoms with E-state index < -0.39 is 22.5 Å². The van der Waals surface area contributed by atoms with Crippen LogP contribution in [-0.2, 0) is 19.8 Å². The van der Waals surface area contributed by atoms with Crippen molar-refractivity contribution < 1.29 is 23.9 Å². The van der Waals surface area contributed by atoms with E-state index in [2.05, 4.69) is 54.0 Å². The van der Waals surface area contributed by atoms with Crippen LogP contribution in [0.3, 0.4) is 0 Å². The second-order valence-corrected chi connectivity index (χ2v) is 13.3. The summed E-state index contributed by atoms with van der Waals surface area (Å²) in [5, 5.41) is 5.86. The van der Waals surface area contributed by atoms with Gasteiger partial charge in [0.2, 0.25) is 17.7 Å². The summed E-state index contributed by atoms with van der Waals surface area (Å²) in [4.78, 5) is 42.1. The highest BCUT2D eigenvalue weighted by Crippen LogP contribution is 2.57. The molecule has 0 bridgehead atoms. The number of fused-ring (bicyclic) bond motifs is 3. The number of nitrogens with zero attached hydrogens (tertiary/aromatic N) is 1. The quantitative estimate of drug-likeness (QED) is 0.367. The lowest BCUT2D eigenvalue weighted by Crippen LogP contribution is -2.61. The maximum Gasteiger partial charge on any atom is 0.243 e. The van der Waals surface area contributed by atoms with E-state index >= 15 is 0 Å². The van der Waals surface area contributed by atoms with E-state index in [0.717, 1.165) is 5.56 Å². The van der Waals surface area contributed by atoms with Crippen LogP contribution in [0.5, 0.6) is 11.5 Å². The van der Waals surface area contributed by atoms with Gasteiger partial charge in [-0.25, -0.2) is 0 Å². The molecule has 1 aromatic rings. The van der Waals surface area contributed by atoms with Crippen LogP contribution < -0.4 is 20.1 Å². The van der Waals surface area contributed by atoms with Crippen molar-refractivity contribution in [3.05, 3.63) is 30.0 Å². The van der Waals surface area contributed by atoms with Gasteiger partial charge in [-0.15, -0.1) is 0 Å². The minimum absolute atomic E-state index is 0.00367. The van der Waals surface area contributed by atoms with E-state index in [-0.39, 0.29) is 27.7 Å². The minimum Gasteiger partial charge on any atom is -0.480 e. The predicted molar refractivity (Wildman–Crippen MR) is 151 cm³/mol. The smallest absolute Gasteiger partial charge is 0.243 e. The van der Waals surface area contributed by atoms with E-state index in [1.807, 2.05) is 39.0 Å². The summed E-state index contributed by atoms with van der Waals surface area (Å²) in [6.45, 7) is 12.1. The van der Waals surface area contributed by atoms with Gasteiger partial charge in [0.05, 0.1) is 17.4 Å². The zero-order valence-electron chi connectivity index (χ0n) is 22.7. The van der Waals surface area contributed by atoms with Gasteiger partial charge in [0.25, 0.3) is 0 Å². The highest BCUT2D eigenvalue weighted by molar-refractivity contribution is 14.1. The molecule has 9 heteroatoms. The first-order valence-corrected chi connectivity index (χ1v) is 14.2. The van der Waals surface area contributed by atoms with Gasteiger partial charge in [0.1, 0.15) is 11.6 Å². The second kappa shape index (κ2) is 9.78. The molecule has 0 aromatic heterocycles. The average Bonchev–Trinajstić information content (AvgIpc) is 3.00. The molecule has 0 aliphatic carbocycles. The Morgan fingerprint density at radius 3 is 2.62 bits per heavy atom. The van der Waals surface area contributed by atoms with Crippen LogP contribution in [-0.4, -0.2) is 51.3 Å². The topological polar surface area (TPSA) is 97.0 Å². The number of carbonyl (C=O) groups is 3. The molecule has 2 unspecified atom stereocenters. The molecule has 1 aromatic carbocycles.